The summed E-state index contributed by atoms with van der Waals surface area (Å²) >= 11 is 3.40. The summed E-state index contributed by atoms with van der Waals surface area (Å²) < 4.78 is 0.890. The number of carbonyl (C=O) groups is 2. The molecule has 2 amide bonds. The van der Waals surface area contributed by atoms with Crippen molar-refractivity contribution in [1.29, 1.82) is 0 Å². The van der Waals surface area contributed by atoms with Gasteiger partial charge in [-0.2, -0.15) is 0 Å². The number of benzene rings is 1. The van der Waals surface area contributed by atoms with Gasteiger partial charge < -0.3 is 0 Å². The molecule has 0 spiro atoms. The number of aryl methyl sites for hydroxylation is 1. The summed E-state index contributed by atoms with van der Waals surface area (Å²) in [5, 5.41) is 0. The Morgan fingerprint density at radius 3 is 2.39 bits per heavy atom. The van der Waals surface area contributed by atoms with E-state index in [0.717, 1.165) is 35.0 Å². The highest BCUT2D eigenvalue weighted by molar-refractivity contribution is 9.10. The van der Waals surface area contributed by atoms with Crippen LogP contribution in [0.25, 0.3) is 0 Å². The Morgan fingerprint density at radius 2 is 1.78 bits per heavy atom. The molecular weight excluding hydrogens is 294 g/mol. The van der Waals surface area contributed by atoms with E-state index in [1.807, 2.05) is 25.1 Å². The Kier molecular flexibility index (Phi) is 2.77. The highest BCUT2D eigenvalue weighted by Gasteiger charge is 2.50. The first kappa shape index (κ1) is 11.9. The zero-order valence-electron chi connectivity index (χ0n) is 10.1. The van der Waals surface area contributed by atoms with E-state index in [0.29, 0.717) is 0 Å². The number of hydrogen-bond donors (Lipinski definition) is 0. The summed E-state index contributed by atoms with van der Waals surface area (Å²) in [7, 11) is 0. The van der Waals surface area contributed by atoms with Crippen LogP contribution in [0.5, 0.6) is 0 Å². The molecule has 0 aromatic heterocycles. The zero-order chi connectivity index (χ0) is 12.9. The maximum absolute atomic E-state index is 12.4. The molecule has 94 valence electrons. The lowest BCUT2D eigenvalue weighted by atomic mass is 10.00. The van der Waals surface area contributed by atoms with Gasteiger partial charge in [0.15, 0.2) is 0 Å². The molecule has 2 unspecified atom stereocenters. The van der Waals surface area contributed by atoms with Gasteiger partial charge in [-0.05, 0) is 37.5 Å². The molecule has 1 aromatic rings. The van der Waals surface area contributed by atoms with Crippen molar-refractivity contribution in [3.8, 4) is 0 Å². The van der Waals surface area contributed by atoms with E-state index in [1.54, 1.807) is 0 Å². The van der Waals surface area contributed by atoms with Gasteiger partial charge in [-0.3, -0.25) is 9.59 Å². The van der Waals surface area contributed by atoms with Gasteiger partial charge in [0.05, 0.1) is 17.5 Å². The van der Waals surface area contributed by atoms with Crippen LogP contribution >= 0.6 is 15.9 Å². The minimum absolute atomic E-state index is 0.0105. The quantitative estimate of drug-likeness (QED) is 0.748. The molecule has 18 heavy (non-hydrogen) atoms. The number of fused-ring (bicyclic) bond motifs is 1. The van der Waals surface area contributed by atoms with Crippen molar-refractivity contribution in [1.82, 2.24) is 0 Å². The number of halogens is 1. The number of rotatable bonds is 1. The Morgan fingerprint density at radius 1 is 1.17 bits per heavy atom. The third-order valence-electron chi connectivity index (χ3n) is 4.00. The van der Waals surface area contributed by atoms with Gasteiger partial charge in [0.1, 0.15) is 0 Å². The van der Waals surface area contributed by atoms with Gasteiger partial charge in [-0.1, -0.05) is 28.4 Å². The summed E-state index contributed by atoms with van der Waals surface area (Å²) in [5.41, 5.74) is 1.69. The molecule has 2 atom stereocenters. The minimum atomic E-state index is -0.0733. The van der Waals surface area contributed by atoms with Gasteiger partial charge in [-0.25, -0.2) is 4.90 Å². The molecule has 3 rings (SSSR count). The van der Waals surface area contributed by atoms with Gasteiger partial charge in [0, 0.05) is 4.47 Å². The molecule has 1 aromatic carbocycles. The third kappa shape index (κ3) is 1.62. The van der Waals surface area contributed by atoms with Crippen LogP contribution in [0, 0.1) is 18.8 Å². The van der Waals surface area contributed by atoms with Crippen LogP contribution in [0.4, 0.5) is 5.69 Å². The first-order valence-electron chi connectivity index (χ1n) is 6.23. The Labute approximate surface area is 114 Å². The predicted molar refractivity (Wildman–Crippen MR) is 72.2 cm³/mol. The number of hydrogen-bond acceptors (Lipinski definition) is 2. The molecule has 0 bridgehead atoms. The lowest BCUT2D eigenvalue weighted by Gasteiger charge is -2.18. The molecule has 1 saturated carbocycles. The topological polar surface area (TPSA) is 37.4 Å². The fourth-order valence-corrected chi connectivity index (χ4v) is 3.40. The first-order valence-corrected chi connectivity index (χ1v) is 7.03. The molecule has 0 radical (unpaired) electrons. The van der Waals surface area contributed by atoms with Crippen molar-refractivity contribution in [3.63, 3.8) is 0 Å². The molecule has 1 aliphatic heterocycles. The van der Waals surface area contributed by atoms with Crippen LogP contribution in [0.2, 0.25) is 0 Å². The lowest BCUT2D eigenvalue weighted by Crippen LogP contribution is -2.32. The Bertz CT molecular complexity index is 519. The molecule has 0 N–H and O–H groups in total. The summed E-state index contributed by atoms with van der Waals surface area (Å²) in [5.74, 6) is -0.167. The summed E-state index contributed by atoms with van der Waals surface area (Å²) in [6.07, 6.45) is 2.72. The van der Waals surface area contributed by atoms with Crippen molar-refractivity contribution in [2.24, 2.45) is 11.8 Å². The largest absolute Gasteiger partial charge is 0.274 e. The van der Waals surface area contributed by atoms with Crippen molar-refractivity contribution in [3.05, 3.63) is 28.2 Å². The molecule has 4 heteroatoms. The van der Waals surface area contributed by atoms with Crippen LogP contribution in [-0.4, -0.2) is 11.8 Å². The molecular formula is C14H14BrNO2. The van der Waals surface area contributed by atoms with Crippen molar-refractivity contribution < 1.29 is 9.59 Å². The maximum atomic E-state index is 12.4. The van der Waals surface area contributed by atoms with E-state index in [1.165, 1.54) is 4.90 Å². The van der Waals surface area contributed by atoms with Crippen molar-refractivity contribution >= 4 is 33.4 Å². The molecule has 1 saturated heterocycles. The summed E-state index contributed by atoms with van der Waals surface area (Å²) in [6, 6.07) is 5.70. The fourth-order valence-electron chi connectivity index (χ4n) is 3.05. The Hall–Kier alpha value is -1.16. The first-order chi connectivity index (χ1) is 8.59. The average molecular weight is 308 g/mol. The lowest BCUT2D eigenvalue weighted by molar-refractivity contribution is -0.122. The highest BCUT2D eigenvalue weighted by Crippen LogP contribution is 2.42. The number of carbonyl (C=O) groups excluding carboxylic acids is 2. The highest BCUT2D eigenvalue weighted by atomic mass is 79.9. The molecule has 1 aliphatic carbocycles. The predicted octanol–water partition coefficient (Wildman–Crippen LogP) is 3.05. The van der Waals surface area contributed by atoms with E-state index in [4.69, 9.17) is 0 Å². The average Bonchev–Trinajstić information content (AvgIpc) is 2.89. The van der Waals surface area contributed by atoms with E-state index in [9.17, 15) is 9.59 Å². The normalized spacial score (nSPS) is 26.9. The van der Waals surface area contributed by atoms with Crippen LogP contribution in [0.15, 0.2) is 22.7 Å². The third-order valence-corrected chi connectivity index (χ3v) is 4.50. The summed E-state index contributed by atoms with van der Waals surface area (Å²) in [6.45, 7) is 1.93. The van der Waals surface area contributed by atoms with Gasteiger partial charge in [-0.15, -0.1) is 0 Å². The molecule has 2 aliphatic rings. The van der Waals surface area contributed by atoms with Crippen molar-refractivity contribution in [2.45, 2.75) is 26.2 Å². The number of amides is 2. The second-order valence-electron chi connectivity index (χ2n) is 5.09. The fraction of sp³-hybridized carbons (Fsp3) is 0.429. The van der Waals surface area contributed by atoms with Gasteiger partial charge in [0.25, 0.3) is 0 Å². The SMILES string of the molecule is Cc1ccc(Br)cc1N1C(=O)C2CCCC2C1=O. The molecule has 2 fully saturated rings. The minimum Gasteiger partial charge on any atom is -0.274 e. The molecule has 3 nitrogen and oxygen atoms in total. The van der Waals surface area contributed by atoms with E-state index in [2.05, 4.69) is 15.9 Å². The van der Waals surface area contributed by atoms with Crippen LogP contribution in [0.1, 0.15) is 24.8 Å². The second kappa shape index (κ2) is 4.19. The molecule has 1 heterocycles. The van der Waals surface area contributed by atoms with Crippen LogP contribution < -0.4 is 4.90 Å². The second-order valence-corrected chi connectivity index (χ2v) is 6.00. The van der Waals surface area contributed by atoms with E-state index in [-0.39, 0.29) is 23.7 Å². The van der Waals surface area contributed by atoms with Gasteiger partial charge in [0.2, 0.25) is 11.8 Å². The van der Waals surface area contributed by atoms with Crippen LogP contribution in [0.3, 0.4) is 0 Å². The monoisotopic (exact) mass is 307 g/mol. The van der Waals surface area contributed by atoms with Crippen molar-refractivity contribution in [2.75, 3.05) is 4.90 Å². The van der Waals surface area contributed by atoms with Gasteiger partial charge >= 0.3 is 0 Å². The smallest absolute Gasteiger partial charge is 0.237 e. The summed E-state index contributed by atoms with van der Waals surface area (Å²) in [4.78, 5) is 26.1. The van der Waals surface area contributed by atoms with E-state index >= 15 is 0 Å². The number of anilines is 1. The number of imide groups is 1. The van der Waals surface area contributed by atoms with E-state index < -0.39 is 0 Å². The maximum Gasteiger partial charge on any atom is 0.237 e. The zero-order valence-corrected chi connectivity index (χ0v) is 11.7. The number of nitrogens with zero attached hydrogens (tertiary/aromatic N) is 1. The Balaban J connectivity index is 2.05. The van der Waals surface area contributed by atoms with Crippen LogP contribution in [-0.2, 0) is 9.59 Å². The standard InChI is InChI=1S/C14H14BrNO2/c1-8-5-6-9(15)7-12(8)16-13(17)10-3-2-4-11(10)14(16)18/h5-7,10-11H,2-4H2,1H3.